The molecule has 0 atom stereocenters. The van der Waals surface area contributed by atoms with Gasteiger partial charge in [-0.05, 0) is 59.1 Å². The predicted octanol–water partition coefficient (Wildman–Crippen LogP) is 1.80. The van der Waals surface area contributed by atoms with Gasteiger partial charge < -0.3 is 20.9 Å². The summed E-state index contributed by atoms with van der Waals surface area (Å²) in [7, 11) is 4.13. The summed E-state index contributed by atoms with van der Waals surface area (Å²) >= 11 is 0. The van der Waals surface area contributed by atoms with E-state index >= 15 is 0 Å². The summed E-state index contributed by atoms with van der Waals surface area (Å²) in [4.78, 5) is 16.6. The molecule has 0 heterocycles. The highest BCUT2D eigenvalue weighted by molar-refractivity contribution is 6.00. The van der Waals surface area contributed by atoms with E-state index in [1.165, 1.54) is 0 Å². The van der Waals surface area contributed by atoms with Crippen molar-refractivity contribution in [3.8, 4) is 0 Å². The molecule has 3 N–H and O–H groups in total. The summed E-state index contributed by atoms with van der Waals surface area (Å²) < 4.78 is 0. The zero-order valence-electron chi connectivity index (χ0n) is 13.6. The molecule has 1 amide bonds. The van der Waals surface area contributed by atoms with Gasteiger partial charge in [-0.1, -0.05) is 0 Å². The van der Waals surface area contributed by atoms with Crippen molar-refractivity contribution in [3.63, 3.8) is 0 Å². The van der Waals surface area contributed by atoms with Gasteiger partial charge in [-0.25, -0.2) is 0 Å². The summed E-state index contributed by atoms with van der Waals surface area (Å²) in [5.74, 6) is -0.0430. The number of nitrogens with two attached hydrogens (primary N) is 1. The molecule has 0 spiro atoms. The Balaban J connectivity index is 2.95. The number of nitrogens with one attached hydrogen (secondary N) is 1. The number of hydrogen-bond acceptors (Lipinski definition) is 4. The zero-order valence-corrected chi connectivity index (χ0v) is 13.6. The number of nitrogens with zero attached hydrogens (tertiary/aromatic N) is 2. The van der Waals surface area contributed by atoms with Gasteiger partial charge in [0.2, 0.25) is 0 Å². The Morgan fingerprint density at radius 2 is 1.95 bits per heavy atom. The normalized spacial score (nSPS) is 10.7. The van der Waals surface area contributed by atoms with Crippen LogP contribution in [0.15, 0.2) is 18.2 Å². The van der Waals surface area contributed by atoms with Crippen LogP contribution >= 0.6 is 0 Å². The number of amides is 1. The molecule has 0 saturated carbocycles. The molecular formula is C16H28N4O. The molecule has 5 heteroatoms. The standard InChI is InChI=1S/C16H28N4O/c1-5-18-16(21)14-9-8-13(17)12-15(14)20(6-2)11-7-10-19(3)4/h8-9,12H,5-7,10-11,17H2,1-4H3,(H,18,21). The third-order valence-corrected chi connectivity index (χ3v) is 3.36. The zero-order chi connectivity index (χ0) is 15.8. The number of carbonyl (C=O) groups is 1. The molecular weight excluding hydrogens is 264 g/mol. The molecule has 0 fully saturated rings. The van der Waals surface area contributed by atoms with E-state index in [4.69, 9.17) is 5.73 Å². The van der Waals surface area contributed by atoms with Gasteiger partial charge in [0.15, 0.2) is 0 Å². The van der Waals surface area contributed by atoms with Crippen LogP contribution in [0.1, 0.15) is 30.6 Å². The van der Waals surface area contributed by atoms with E-state index in [9.17, 15) is 4.79 Å². The minimum absolute atomic E-state index is 0.0430. The number of anilines is 2. The van der Waals surface area contributed by atoms with Crippen molar-refractivity contribution < 1.29 is 4.79 Å². The molecule has 21 heavy (non-hydrogen) atoms. The summed E-state index contributed by atoms with van der Waals surface area (Å²) in [5, 5.41) is 2.86. The van der Waals surface area contributed by atoms with E-state index in [1.54, 1.807) is 6.07 Å². The van der Waals surface area contributed by atoms with Crippen molar-refractivity contribution >= 4 is 17.3 Å². The Morgan fingerprint density at radius 3 is 2.52 bits per heavy atom. The SMILES string of the molecule is CCNC(=O)c1ccc(N)cc1N(CC)CCCN(C)C. The minimum atomic E-state index is -0.0430. The average Bonchev–Trinajstić information content (AvgIpc) is 2.43. The lowest BCUT2D eigenvalue weighted by Gasteiger charge is -2.26. The number of rotatable bonds is 8. The Bertz CT molecular complexity index is 460. The molecule has 0 radical (unpaired) electrons. The van der Waals surface area contributed by atoms with Crippen LogP contribution in [0.2, 0.25) is 0 Å². The fraction of sp³-hybridized carbons (Fsp3) is 0.562. The number of hydrogen-bond donors (Lipinski definition) is 2. The van der Waals surface area contributed by atoms with E-state index in [-0.39, 0.29) is 5.91 Å². The lowest BCUT2D eigenvalue weighted by atomic mass is 10.1. The van der Waals surface area contributed by atoms with Gasteiger partial charge in [0.25, 0.3) is 5.91 Å². The summed E-state index contributed by atoms with van der Waals surface area (Å²) in [5.41, 5.74) is 8.20. The Kier molecular flexibility index (Phi) is 7.02. The van der Waals surface area contributed by atoms with Crippen molar-refractivity contribution in [2.24, 2.45) is 0 Å². The maximum absolute atomic E-state index is 12.2. The van der Waals surface area contributed by atoms with Crippen LogP contribution in [0.25, 0.3) is 0 Å². The number of nitrogen functional groups attached to an aromatic ring is 1. The second-order valence-corrected chi connectivity index (χ2v) is 5.37. The van der Waals surface area contributed by atoms with Gasteiger partial charge in [0.1, 0.15) is 0 Å². The van der Waals surface area contributed by atoms with E-state index in [2.05, 4.69) is 36.1 Å². The number of carbonyl (C=O) groups excluding carboxylic acids is 1. The monoisotopic (exact) mass is 292 g/mol. The molecule has 0 saturated heterocycles. The molecule has 0 aromatic heterocycles. The minimum Gasteiger partial charge on any atom is -0.399 e. The summed E-state index contributed by atoms with van der Waals surface area (Å²) in [6.45, 7) is 7.42. The topological polar surface area (TPSA) is 61.6 Å². The van der Waals surface area contributed by atoms with Gasteiger partial charge in [0, 0.05) is 25.3 Å². The lowest BCUT2D eigenvalue weighted by molar-refractivity contribution is 0.0956. The van der Waals surface area contributed by atoms with Crippen LogP contribution in [0, 0.1) is 0 Å². The maximum Gasteiger partial charge on any atom is 0.253 e. The van der Waals surface area contributed by atoms with Crippen LogP contribution in [0.4, 0.5) is 11.4 Å². The molecule has 0 aliphatic carbocycles. The van der Waals surface area contributed by atoms with Gasteiger partial charge >= 0.3 is 0 Å². The molecule has 0 aliphatic rings. The third kappa shape index (κ3) is 5.27. The van der Waals surface area contributed by atoms with Crippen LogP contribution in [0.5, 0.6) is 0 Å². The first-order chi connectivity index (χ1) is 9.99. The predicted molar refractivity (Wildman–Crippen MR) is 89.9 cm³/mol. The second kappa shape index (κ2) is 8.52. The highest BCUT2D eigenvalue weighted by atomic mass is 16.1. The van der Waals surface area contributed by atoms with Crippen molar-refractivity contribution in [2.45, 2.75) is 20.3 Å². The van der Waals surface area contributed by atoms with Gasteiger partial charge in [0.05, 0.1) is 11.3 Å². The molecule has 0 unspecified atom stereocenters. The van der Waals surface area contributed by atoms with E-state index in [0.717, 1.165) is 31.7 Å². The molecule has 5 nitrogen and oxygen atoms in total. The van der Waals surface area contributed by atoms with Gasteiger partial charge in [-0.15, -0.1) is 0 Å². The molecule has 0 aliphatic heterocycles. The molecule has 1 rings (SSSR count). The van der Waals surface area contributed by atoms with E-state index < -0.39 is 0 Å². The van der Waals surface area contributed by atoms with Gasteiger partial charge in [-0.2, -0.15) is 0 Å². The van der Waals surface area contributed by atoms with Crippen LogP contribution in [-0.2, 0) is 0 Å². The van der Waals surface area contributed by atoms with Crippen molar-refractivity contribution in [1.29, 1.82) is 0 Å². The largest absolute Gasteiger partial charge is 0.399 e. The molecule has 1 aromatic rings. The highest BCUT2D eigenvalue weighted by Crippen LogP contribution is 2.24. The second-order valence-electron chi connectivity index (χ2n) is 5.37. The first-order valence-corrected chi connectivity index (χ1v) is 7.57. The fourth-order valence-corrected chi connectivity index (χ4v) is 2.28. The third-order valence-electron chi connectivity index (χ3n) is 3.36. The number of benzene rings is 1. The van der Waals surface area contributed by atoms with Crippen molar-refractivity contribution in [1.82, 2.24) is 10.2 Å². The quantitative estimate of drug-likeness (QED) is 0.717. The van der Waals surface area contributed by atoms with Crippen LogP contribution in [-0.4, -0.2) is 51.1 Å². The molecule has 1 aromatic carbocycles. The fourth-order valence-electron chi connectivity index (χ4n) is 2.28. The molecule has 0 bridgehead atoms. The van der Waals surface area contributed by atoms with Crippen molar-refractivity contribution in [3.05, 3.63) is 23.8 Å². The first-order valence-electron chi connectivity index (χ1n) is 7.57. The smallest absolute Gasteiger partial charge is 0.253 e. The summed E-state index contributed by atoms with van der Waals surface area (Å²) in [6, 6.07) is 5.48. The van der Waals surface area contributed by atoms with Crippen molar-refractivity contribution in [2.75, 3.05) is 50.9 Å². The highest BCUT2D eigenvalue weighted by Gasteiger charge is 2.15. The maximum atomic E-state index is 12.2. The molecule has 118 valence electrons. The Hall–Kier alpha value is -1.75. The van der Waals surface area contributed by atoms with Crippen LogP contribution < -0.4 is 16.0 Å². The Morgan fingerprint density at radius 1 is 1.24 bits per heavy atom. The van der Waals surface area contributed by atoms with Crippen LogP contribution in [0.3, 0.4) is 0 Å². The Labute approximate surface area is 128 Å². The van der Waals surface area contributed by atoms with E-state index in [0.29, 0.717) is 17.8 Å². The van der Waals surface area contributed by atoms with E-state index in [1.807, 2.05) is 19.1 Å². The summed E-state index contributed by atoms with van der Waals surface area (Å²) in [6.07, 6.45) is 1.05. The average molecular weight is 292 g/mol. The van der Waals surface area contributed by atoms with Gasteiger partial charge in [-0.3, -0.25) is 4.79 Å². The first kappa shape index (κ1) is 17.3. The lowest BCUT2D eigenvalue weighted by Crippen LogP contribution is -2.31.